The van der Waals surface area contributed by atoms with Crippen molar-refractivity contribution < 1.29 is 4.79 Å². The second-order valence-electron chi connectivity index (χ2n) is 5.11. The number of benzene rings is 1. The molecule has 4 nitrogen and oxygen atoms in total. The fourth-order valence-corrected chi connectivity index (χ4v) is 2.91. The van der Waals surface area contributed by atoms with E-state index in [1.807, 2.05) is 11.0 Å². The van der Waals surface area contributed by atoms with Crippen molar-refractivity contribution in [2.45, 2.75) is 0 Å². The summed E-state index contributed by atoms with van der Waals surface area (Å²) in [5.41, 5.74) is 1.63. The molecule has 0 spiro atoms. The first-order valence-electron chi connectivity index (χ1n) is 7.04. The summed E-state index contributed by atoms with van der Waals surface area (Å²) in [5, 5.41) is 1.27. The van der Waals surface area contributed by atoms with Gasteiger partial charge in [-0.15, -0.1) is 0 Å². The number of carbonyl (C=O) groups excluding carboxylic acids is 1. The molecule has 1 aliphatic rings. The van der Waals surface area contributed by atoms with Gasteiger partial charge in [-0.1, -0.05) is 23.2 Å². The maximum Gasteiger partial charge on any atom is 0.253 e. The molecule has 0 bridgehead atoms. The predicted octanol–water partition coefficient (Wildman–Crippen LogP) is 3.35. The molecule has 0 N–H and O–H groups in total. The molecule has 0 saturated carbocycles. The minimum Gasteiger partial charge on any atom is -0.367 e. The summed E-state index contributed by atoms with van der Waals surface area (Å²) in [4.78, 5) is 20.5. The van der Waals surface area contributed by atoms with Crippen LogP contribution in [0.5, 0.6) is 0 Å². The average molecular weight is 336 g/mol. The van der Waals surface area contributed by atoms with E-state index in [1.165, 1.54) is 0 Å². The van der Waals surface area contributed by atoms with Gasteiger partial charge in [0.25, 0.3) is 5.91 Å². The van der Waals surface area contributed by atoms with Crippen LogP contribution in [-0.2, 0) is 0 Å². The first-order chi connectivity index (χ1) is 10.6. The molecule has 1 amide bonds. The highest BCUT2D eigenvalue weighted by Gasteiger charge is 2.23. The summed E-state index contributed by atoms with van der Waals surface area (Å²) in [7, 11) is 0. The Kier molecular flexibility index (Phi) is 4.50. The van der Waals surface area contributed by atoms with Crippen molar-refractivity contribution >= 4 is 34.8 Å². The van der Waals surface area contributed by atoms with Gasteiger partial charge in [0.15, 0.2) is 0 Å². The summed E-state index contributed by atoms with van der Waals surface area (Å²) in [5.74, 6) is 0.0390. The largest absolute Gasteiger partial charge is 0.367 e. The maximum atomic E-state index is 12.4. The minimum atomic E-state index is 0.0390. The third-order valence-electron chi connectivity index (χ3n) is 3.75. The number of anilines is 1. The van der Waals surface area contributed by atoms with E-state index >= 15 is 0 Å². The molecule has 1 aliphatic heterocycles. The zero-order valence-electron chi connectivity index (χ0n) is 11.9. The molecule has 114 valence electrons. The zero-order valence-corrected chi connectivity index (χ0v) is 13.4. The summed E-state index contributed by atoms with van der Waals surface area (Å²) >= 11 is 12.0. The van der Waals surface area contributed by atoms with Crippen LogP contribution in [-0.4, -0.2) is 42.0 Å². The predicted molar refractivity (Wildman–Crippen MR) is 88.8 cm³/mol. The van der Waals surface area contributed by atoms with Crippen molar-refractivity contribution in [1.82, 2.24) is 9.88 Å². The highest BCUT2D eigenvalue weighted by molar-refractivity contribution is 6.33. The number of piperazine rings is 1. The van der Waals surface area contributed by atoms with E-state index in [-0.39, 0.29) is 5.91 Å². The molecule has 2 heterocycles. The van der Waals surface area contributed by atoms with Crippen LogP contribution in [0.4, 0.5) is 5.69 Å². The third kappa shape index (κ3) is 3.18. The number of pyridine rings is 1. The average Bonchev–Trinajstić information content (AvgIpc) is 2.56. The van der Waals surface area contributed by atoms with Crippen LogP contribution >= 0.6 is 23.2 Å². The first kappa shape index (κ1) is 15.1. The highest BCUT2D eigenvalue weighted by Crippen LogP contribution is 2.25. The van der Waals surface area contributed by atoms with Gasteiger partial charge in [-0.25, -0.2) is 0 Å². The van der Waals surface area contributed by atoms with Gasteiger partial charge in [-0.05, 0) is 30.3 Å². The Bertz CT molecular complexity index is 667. The lowest BCUT2D eigenvalue weighted by Gasteiger charge is -2.36. The number of hydrogen-bond acceptors (Lipinski definition) is 3. The van der Waals surface area contributed by atoms with Crippen LogP contribution in [0.1, 0.15) is 10.4 Å². The van der Waals surface area contributed by atoms with Crippen LogP contribution < -0.4 is 4.90 Å². The van der Waals surface area contributed by atoms with Gasteiger partial charge in [0.1, 0.15) is 0 Å². The molecule has 1 aromatic heterocycles. The number of nitrogens with zero attached hydrogens (tertiary/aromatic N) is 3. The van der Waals surface area contributed by atoms with E-state index in [0.717, 1.165) is 18.8 Å². The van der Waals surface area contributed by atoms with Crippen LogP contribution in [0.25, 0.3) is 0 Å². The third-order valence-corrected chi connectivity index (χ3v) is 4.29. The molecule has 0 unspecified atom stereocenters. The topological polar surface area (TPSA) is 36.4 Å². The molecular weight excluding hydrogens is 321 g/mol. The molecule has 3 rings (SSSR count). The number of amides is 1. The zero-order chi connectivity index (χ0) is 15.5. The number of hydrogen-bond donors (Lipinski definition) is 0. The lowest BCUT2D eigenvalue weighted by molar-refractivity contribution is 0.0747. The van der Waals surface area contributed by atoms with Crippen LogP contribution in [0, 0.1) is 0 Å². The smallest absolute Gasteiger partial charge is 0.253 e. The second-order valence-corrected chi connectivity index (χ2v) is 5.96. The Hall–Kier alpha value is -1.78. The van der Waals surface area contributed by atoms with E-state index in [2.05, 4.69) is 9.88 Å². The quantitative estimate of drug-likeness (QED) is 0.844. The number of halogens is 2. The lowest BCUT2D eigenvalue weighted by Crippen LogP contribution is -2.48. The summed E-state index contributed by atoms with van der Waals surface area (Å²) < 4.78 is 0. The van der Waals surface area contributed by atoms with Crippen molar-refractivity contribution in [2.75, 3.05) is 31.1 Å². The van der Waals surface area contributed by atoms with Gasteiger partial charge in [-0.2, -0.15) is 0 Å². The van der Waals surface area contributed by atoms with Crippen molar-refractivity contribution in [3.05, 3.63) is 58.3 Å². The number of carbonyl (C=O) groups is 1. The second kappa shape index (κ2) is 6.55. The van der Waals surface area contributed by atoms with E-state index in [0.29, 0.717) is 28.7 Å². The summed E-state index contributed by atoms with van der Waals surface area (Å²) in [6.45, 7) is 2.84. The molecule has 6 heteroatoms. The standard InChI is InChI=1S/C16H15Cl2N3O/c17-13-3-1-12(2-4-13)16(22)21-9-7-20(8-10-21)15-5-6-19-11-14(15)18/h1-6,11H,7-10H2. The van der Waals surface area contributed by atoms with Gasteiger partial charge >= 0.3 is 0 Å². The molecule has 1 saturated heterocycles. The molecule has 22 heavy (non-hydrogen) atoms. The first-order valence-corrected chi connectivity index (χ1v) is 7.80. The number of rotatable bonds is 2. The maximum absolute atomic E-state index is 12.4. The van der Waals surface area contributed by atoms with Crippen LogP contribution in [0.15, 0.2) is 42.7 Å². The Morgan fingerprint density at radius 3 is 2.32 bits per heavy atom. The molecule has 0 radical (unpaired) electrons. The van der Waals surface area contributed by atoms with Gasteiger partial charge in [0.05, 0.1) is 10.7 Å². The number of aromatic nitrogens is 1. The Morgan fingerprint density at radius 2 is 1.68 bits per heavy atom. The van der Waals surface area contributed by atoms with Crippen molar-refractivity contribution in [3.8, 4) is 0 Å². The summed E-state index contributed by atoms with van der Waals surface area (Å²) in [6.07, 6.45) is 3.37. The van der Waals surface area contributed by atoms with Crippen molar-refractivity contribution in [3.63, 3.8) is 0 Å². The van der Waals surface area contributed by atoms with Crippen molar-refractivity contribution in [2.24, 2.45) is 0 Å². The molecule has 2 aromatic rings. The highest BCUT2D eigenvalue weighted by atomic mass is 35.5. The lowest BCUT2D eigenvalue weighted by atomic mass is 10.2. The van der Waals surface area contributed by atoms with Gasteiger partial charge in [-0.3, -0.25) is 9.78 Å². The van der Waals surface area contributed by atoms with E-state index in [4.69, 9.17) is 23.2 Å². The van der Waals surface area contributed by atoms with Gasteiger partial charge in [0, 0.05) is 49.2 Å². The molecular formula is C16H15Cl2N3O. The van der Waals surface area contributed by atoms with Crippen molar-refractivity contribution in [1.29, 1.82) is 0 Å². The van der Waals surface area contributed by atoms with E-state index in [9.17, 15) is 4.79 Å². The van der Waals surface area contributed by atoms with Crippen LogP contribution in [0.2, 0.25) is 10.0 Å². The fraction of sp³-hybridized carbons (Fsp3) is 0.250. The Labute approximate surface area is 139 Å². The van der Waals surface area contributed by atoms with Crippen LogP contribution in [0.3, 0.4) is 0 Å². The van der Waals surface area contributed by atoms with E-state index in [1.54, 1.807) is 36.7 Å². The normalized spacial score (nSPS) is 15.0. The fourth-order valence-electron chi connectivity index (χ4n) is 2.55. The van der Waals surface area contributed by atoms with Gasteiger partial charge < -0.3 is 9.80 Å². The monoisotopic (exact) mass is 335 g/mol. The molecule has 1 fully saturated rings. The molecule has 1 aromatic carbocycles. The Morgan fingerprint density at radius 1 is 1.00 bits per heavy atom. The van der Waals surface area contributed by atoms with E-state index < -0.39 is 0 Å². The SMILES string of the molecule is O=C(c1ccc(Cl)cc1)N1CCN(c2ccncc2Cl)CC1. The molecule has 0 aliphatic carbocycles. The Balaban J connectivity index is 1.65. The minimum absolute atomic E-state index is 0.0390. The van der Waals surface area contributed by atoms with Gasteiger partial charge in [0.2, 0.25) is 0 Å². The molecule has 0 atom stereocenters. The summed E-state index contributed by atoms with van der Waals surface area (Å²) in [6, 6.07) is 8.90.